The molecule has 0 bridgehead atoms. The van der Waals surface area contributed by atoms with E-state index in [1.54, 1.807) is 13.2 Å². The normalized spacial score (nSPS) is 15.1. The lowest BCUT2D eigenvalue weighted by Gasteiger charge is -2.13. The minimum Gasteiger partial charge on any atom is -0.496 e. The number of carbonyl (C=O) groups is 2. The van der Waals surface area contributed by atoms with Gasteiger partial charge in [0.05, 0.1) is 32.2 Å². The molecular formula is C23H24N2O5. The van der Waals surface area contributed by atoms with Crippen LogP contribution in [0, 0.1) is 0 Å². The highest BCUT2D eigenvalue weighted by atomic mass is 16.6. The van der Waals surface area contributed by atoms with E-state index in [-0.39, 0.29) is 18.4 Å². The number of benzene rings is 2. The molecule has 0 radical (unpaired) electrons. The van der Waals surface area contributed by atoms with Crippen LogP contribution in [-0.2, 0) is 27.3 Å². The fourth-order valence-electron chi connectivity index (χ4n) is 4.31. The summed E-state index contributed by atoms with van der Waals surface area (Å²) in [4.78, 5) is 23.8. The van der Waals surface area contributed by atoms with Gasteiger partial charge in [0.2, 0.25) is 5.91 Å². The van der Waals surface area contributed by atoms with Gasteiger partial charge in [-0.05, 0) is 36.6 Å². The molecule has 3 aromatic rings. The molecule has 1 aromatic heterocycles. The molecule has 7 nitrogen and oxygen atoms in total. The quantitative estimate of drug-likeness (QED) is 0.607. The molecule has 1 aliphatic carbocycles. The molecule has 0 spiro atoms. The van der Waals surface area contributed by atoms with Crippen LogP contribution in [0.4, 0.5) is 0 Å². The molecule has 0 saturated carbocycles. The van der Waals surface area contributed by atoms with Gasteiger partial charge in [-0.2, -0.15) is 0 Å². The molecule has 30 heavy (non-hydrogen) atoms. The zero-order chi connectivity index (χ0) is 21.3. The number of hydrogen-bond acceptors (Lipinski definition) is 5. The number of carbonyl (C=O) groups excluding carboxylic acids is 2. The molecule has 0 aliphatic heterocycles. The lowest BCUT2D eigenvalue weighted by atomic mass is 9.99. The fraction of sp³-hybridized carbons (Fsp3) is 0.304. The van der Waals surface area contributed by atoms with Gasteiger partial charge in [-0.15, -0.1) is 0 Å². The Morgan fingerprint density at radius 2 is 1.87 bits per heavy atom. The van der Waals surface area contributed by atoms with Gasteiger partial charge in [0.25, 0.3) is 0 Å². The van der Waals surface area contributed by atoms with Crippen LogP contribution in [0.2, 0.25) is 0 Å². The van der Waals surface area contributed by atoms with Crippen LogP contribution in [-0.4, -0.2) is 37.3 Å². The molecule has 1 aliphatic rings. The highest BCUT2D eigenvalue weighted by Crippen LogP contribution is 2.44. The van der Waals surface area contributed by atoms with Crippen molar-refractivity contribution in [2.24, 2.45) is 5.73 Å². The van der Waals surface area contributed by atoms with Crippen LogP contribution in [0.15, 0.2) is 42.5 Å². The summed E-state index contributed by atoms with van der Waals surface area (Å²) in [5.74, 6) is 0.137. The molecule has 7 heteroatoms. The lowest BCUT2D eigenvalue weighted by Crippen LogP contribution is -2.19. The minimum atomic E-state index is -0.469. The standard InChI is InChI=1S/C23H24N2O5/c1-28-18-8-4-3-6-14(18)12-25-16-7-5-9-19(30-13-20(26)29-2)22(16)21-15(23(24)27)10-11-17(21)25/h3-9,15H,10-13H2,1-2H3,(H2,24,27). The summed E-state index contributed by atoms with van der Waals surface area (Å²) in [5, 5.41) is 0.826. The summed E-state index contributed by atoms with van der Waals surface area (Å²) in [5.41, 5.74) is 9.64. The summed E-state index contributed by atoms with van der Waals surface area (Å²) in [6.07, 6.45) is 1.40. The Morgan fingerprint density at radius 3 is 2.60 bits per heavy atom. The third-order valence-electron chi connectivity index (χ3n) is 5.66. The zero-order valence-corrected chi connectivity index (χ0v) is 17.0. The second-order valence-corrected chi connectivity index (χ2v) is 7.27. The highest BCUT2D eigenvalue weighted by molar-refractivity contribution is 5.97. The van der Waals surface area contributed by atoms with Gasteiger partial charge in [0.15, 0.2) is 6.61 Å². The molecule has 1 heterocycles. The topological polar surface area (TPSA) is 92.8 Å². The van der Waals surface area contributed by atoms with Gasteiger partial charge in [0.1, 0.15) is 11.5 Å². The van der Waals surface area contributed by atoms with E-state index in [9.17, 15) is 9.59 Å². The molecule has 2 N–H and O–H groups in total. The molecule has 2 aromatic carbocycles. The summed E-state index contributed by atoms with van der Waals surface area (Å²) >= 11 is 0. The summed E-state index contributed by atoms with van der Waals surface area (Å²) < 4.78 is 18.2. The van der Waals surface area contributed by atoms with Crippen molar-refractivity contribution >= 4 is 22.8 Å². The maximum Gasteiger partial charge on any atom is 0.343 e. The molecule has 1 unspecified atom stereocenters. The van der Waals surface area contributed by atoms with Crippen molar-refractivity contribution in [2.45, 2.75) is 25.3 Å². The number of nitrogens with two attached hydrogens (primary N) is 1. The van der Waals surface area contributed by atoms with Gasteiger partial charge in [-0.3, -0.25) is 4.79 Å². The van der Waals surface area contributed by atoms with E-state index in [1.807, 2.05) is 36.4 Å². The molecule has 1 atom stereocenters. The van der Waals surface area contributed by atoms with E-state index in [1.165, 1.54) is 7.11 Å². The van der Waals surface area contributed by atoms with Crippen molar-refractivity contribution in [1.29, 1.82) is 0 Å². The Kier molecular flexibility index (Phi) is 5.35. The first-order chi connectivity index (χ1) is 14.5. The van der Waals surface area contributed by atoms with E-state index >= 15 is 0 Å². The Labute approximate surface area is 174 Å². The van der Waals surface area contributed by atoms with Crippen LogP contribution >= 0.6 is 0 Å². The predicted molar refractivity (Wildman–Crippen MR) is 112 cm³/mol. The van der Waals surface area contributed by atoms with Crippen LogP contribution in [0.25, 0.3) is 10.9 Å². The molecule has 0 saturated heterocycles. The van der Waals surface area contributed by atoms with Crippen molar-refractivity contribution in [3.05, 3.63) is 59.3 Å². The number of nitrogens with zero attached hydrogens (tertiary/aromatic N) is 1. The zero-order valence-electron chi connectivity index (χ0n) is 17.0. The first-order valence-corrected chi connectivity index (χ1v) is 9.80. The minimum absolute atomic E-state index is 0.205. The monoisotopic (exact) mass is 408 g/mol. The average molecular weight is 408 g/mol. The third kappa shape index (κ3) is 3.36. The van der Waals surface area contributed by atoms with E-state index in [4.69, 9.17) is 15.2 Å². The largest absolute Gasteiger partial charge is 0.496 e. The van der Waals surface area contributed by atoms with E-state index in [0.717, 1.165) is 39.9 Å². The number of methoxy groups -OCH3 is 2. The Morgan fingerprint density at radius 1 is 1.10 bits per heavy atom. The highest BCUT2D eigenvalue weighted by Gasteiger charge is 2.34. The van der Waals surface area contributed by atoms with E-state index in [2.05, 4.69) is 9.30 Å². The van der Waals surface area contributed by atoms with Gasteiger partial charge >= 0.3 is 5.97 Å². The van der Waals surface area contributed by atoms with Gasteiger partial charge in [-0.25, -0.2) is 4.79 Å². The first-order valence-electron chi connectivity index (χ1n) is 9.80. The van der Waals surface area contributed by atoms with Crippen molar-refractivity contribution in [3.63, 3.8) is 0 Å². The molecular weight excluding hydrogens is 384 g/mol. The van der Waals surface area contributed by atoms with Crippen molar-refractivity contribution in [2.75, 3.05) is 20.8 Å². The number of esters is 1. The van der Waals surface area contributed by atoms with Gasteiger partial charge in [0, 0.05) is 16.6 Å². The Bertz CT molecular complexity index is 1120. The second kappa shape index (κ2) is 8.10. The molecule has 1 amide bonds. The fourth-order valence-corrected chi connectivity index (χ4v) is 4.31. The number of aromatic nitrogens is 1. The summed E-state index contributed by atoms with van der Waals surface area (Å²) in [6, 6.07) is 13.5. The second-order valence-electron chi connectivity index (χ2n) is 7.27. The number of ether oxygens (including phenoxy) is 3. The number of primary amides is 1. The van der Waals surface area contributed by atoms with Crippen molar-refractivity contribution < 1.29 is 23.8 Å². The third-order valence-corrected chi connectivity index (χ3v) is 5.66. The smallest absolute Gasteiger partial charge is 0.343 e. The molecule has 156 valence electrons. The average Bonchev–Trinajstić information content (AvgIpc) is 3.32. The Balaban J connectivity index is 1.87. The lowest BCUT2D eigenvalue weighted by molar-refractivity contribution is -0.142. The van der Waals surface area contributed by atoms with Gasteiger partial charge in [-0.1, -0.05) is 24.3 Å². The SMILES string of the molecule is COC(=O)COc1cccc2c1c1c(n2Cc2ccccc2OC)CCC1C(N)=O. The number of amides is 1. The van der Waals surface area contributed by atoms with Crippen molar-refractivity contribution in [3.8, 4) is 11.5 Å². The van der Waals surface area contributed by atoms with Gasteiger partial charge < -0.3 is 24.5 Å². The predicted octanol–water partition coefficient (Wildman–Crippen LogP) is 2.77. The van der Waals surface area contributed by atoms with Crippen LogP contribution in [0.3, 0.4) is 0 Å². The molecule has 4 rings (SSSR count). The number of para-hydroxylation sites is 1. The summed E-state index contributed by atoms with van der Waals surface area (Å²) in [7, 11) is 2.97. The number of rotatable bonds is 7. The maximum atomic E-state index is 12.2. The van der Waals surface area contributed by atoms with E-state index in [0.29, 0.717) is 18.7 Å². The summed E-state index contributed by atoms with van der Waals surface area (Å²) in [6.45, 7) is 0.380. The van der Waals surface area contributed by atoms with Crippen LogP contribution < -0.4 is 15.2 Å². The Hall–Kier alpha value is -3.48. The van der Waals surface area contributed by atoms with E-state index < -0.39 is 5.97 Å². The number of hydrogen-bond donors (Lipinski definition) is 1. The van der Waals surface area contributed by atoms with Crippen LogP contribution in [0.1, 0.15) is 29.2 Å². The first kappa shape index (κ1) is 19.8. The number of fused-ring (bicyclic) bond motifs is 3. The molecule has 0 fully saturated rings. The van der Waals surface area contributed by atoms with Crippen LogP contribution in [0.5, 0.6) is 11.5 Å². The van der Waals surface area contributed by atoms with Crippen molar-refractivity contribution in [1.82, 2.24) is 4.57 Å². The maximum absolute atomic E-state index is 12.2.